The van der Waals surface area contributed by atoms with Crippen molar-refractivity contribution in [2.75, 3.05) is 20.6 Å². The van der Waals surface area contributed by atoms with Crippen molar-refractivity contribution in [1.29, 1.82) is 0 Å². The molecule has 0 aliphatic heterocycles. The van der Waals surface area contributed by atoms with Gasteiger partial charge in [-0.2, -0.15) is 8.42 Å². The van der Waals surface area contributed by atoms with Crippen LogP contribution in [0.2, 0.25) is 0 Å². The topological polar surface area (TPSA) is 77.8 Å². The maximum Gasteiger partial charge on any atom is 0.394 e. The average Bonchev–Trinajstić information content (AvgIpc) is 2.13. The summed E-state index contributed by atoms with van der Waals surface area (Å²) in [5.41, 5.74) is 0. The molecule has 0 aromatic rings. The van der Waals surface area contributed by atoms with E-state index in [0.717, 1.165) is 0 Å². The largest absolute Gasteiger partial charge is 0.394 e. The lowest BCUT2D eigenvalue weighted by Crippen LogP contribution is -2.12. The Hall–Kier alpha value is -0.170. The predicted octanol–water partition coefficient (Wildman–Crippen LogP) is 2.65. The molecule has 17 heavy (non-hydrogen) atoms. The fraction of sp³-hybridized carbons (Fsp3) is 1.00. The second-order valence-corrected chi connectivity index (χ2v) is 5.27. The van der Waals surface area contributed by atoms with Crippen molar-refractivity contribution in [3.05, 3.63) is 0 Å². The van der Waals surface area contributed by atoms with Crippen LogP contribution in [-0.4, -0.2) is 43.1 Å². The third-order valence-corrected chi connectivity index (χ3v) is 2.21. The van der Waals surface area contributed by atoms with E-state index < -0.39 is 10.4 Å². The highest BCUT2D eigenvalue weighted by molar-refractivity contribution is 7.79. The third-order valence-electron chi connectivity index (χ3n) is 2.21. The Kier molecular flexibility index (Phi) is 13.9. The van der Waals surface area contributed by atoms with Gasteiger partial charge in [-0.1, -0.05) is 45.4 Å². The lowest BCUT2D eigenvalue weighted by molar-refractivity contribution is 0.381. The Labute approximate surface area is 106 Å². The molecule has 2 N–H and O–H groups in total. The van der Waals surface area contributed by atoms with Crippen LogP contribution in [0, 0.1) is 0 Å². The molecule has 0 saturated carbocycles. The van der Waals surface area contributed by atoms with E-state index in [-0.39, 0.29) is 0 Å². The Morgan fingerprint density at radius 1 is 0.882 bits per heavy atom. The SMILES string of the molecule is CCCCCCCCCN(C)C.O=S(=O)(O)O. The Morgan fingerprint density at radius 2 is 1.24 bits per heavy atom. The molecule has 0 aliphatic carbocycles. The predicted molar refractivity (Wildman–Crippen MR) is 70.7 cm³/mol. The minimum atomic E-state index is -4.67. The van der Waals surface area contributed by atoms with Crippen molar-refractivity contribution in [3.8, 4) is 0 Å². The summed E-state index contributed by atoms with van der Waals surface area (Å²) in [5.74, 6) is 0. The first-order chi connectivity index (χ1) is 7.77. The summed E-state index contributed by atoms with van der Waals surface area (Å²) >= 11 is 0. The summed E-state index contributed by atoms with van der Waals surface area (Å²) in [7, 11) is -0.367. The first-order valence-electron chi connectivity index (χ1n) is 6.12. The van der Waals surface area contributed by atoms with Crippen LogP contribution < -0.4 is 0 Å². The molecule has 0 radical (unpaired) electrons. The summed E-state index contributed by atoms with van der Waals surface area (Å²) < 4.78 is 31.6. The van der Waals surface area contributed by atoms with E-state index in [1.165, 1.54) is 51.5 Å². The number of rotatable bonds is 8. The number of hydrogen-bond donors (Lipinski definition) is 2. The van der Waals surface area contributed by atoms with Crippen LogP contribution in [0.25, 0.3) is 0 Å². The molecule has 6 heteroatoms. The summed E-state index contributed by atoms with van der Waals surface area (Å²) in [6, 6.07) is 0. The summed E-state index contributed by atoms with van der Waals surface area (Å²) in [6.45, 7) is 3.53. The lowest BCUT2D eigenvalue weighted by atomic mass is 10.1. The van der Waals surface area contributed by atoms with Crippen molar-refractivity contribution >= 4 is 10.4 Å². The second kappa shape index (κ2) is 12.3. The fourth-order valence-electron chi connectivity index (χ4n) is 1.39. The van der Waals surface area contributed by atoms with Crippen LogP contribution in [-0.2, 0) is 10.4 Å². The van der Waals surface area contributed by atoms with Crippen molar-refractivity contribution in [1.82, 2.24) is 4.90 Å². The molecule has 0 aromatic carbocycles. The number of unbranched alkanes of at least 4 members (excludes halogenated alkanes) is 6. The standard InChI is InChI=1S/C11H25N.H2O4S/c1-4-5-6-7-8-9-10-11-12(2)3;1-5(2,3)4/h4-11H2,1-3H3;(H2,1,2,3,4). The molecule has 0 bridgehead atoms. The van der Waals surface area contributed by atoms with Gasteiger partial charge in [-0.05, 0) is 27.1 Å². The Balaban J connectivity index is 0. The van der Waals surface area contributed by atoms with Crippen molar-refractivity contribution < 1.29 is 17.5 Å². The molecule has 0 amide bonds. The van der Waals surface area contributed by atoms with E-state index >= 15 is 0 Å². The van der Waals surface area contributed by atoms with Crippen LogP contribution in [0.15, 0.2) is 0 Å². The highest BCUT2D eigenvalue weighted by atomic mass is 32.3. The van der Waals surface area contributed by atoms with Gasteiger partial charge in [-0.15, -0.1) is 0 Å². The number of hydrogen-bond acceptors (Lipinski definition) is 3. The summed E-state index contributed by atoms with van der Waals surface area (Å²) in [5, 5.41) is 0. The zero-order valence-electron chi connectivity index (χ0n) is 11.2. The van der Waals surface area contributed by atoms with E-state index in [1.54, 1.807) is 0 Å². The highest BCUT2D eigenvalue weighted by Gasteiger charge is 1.91. The monoisotopic (exact) mass is 269 g/mol. The fourth-order valence-corrected chi connectivity index (χ4v) is 1.39. The van der Waals surface area contributed by atoms with Gasteiger partial charge in [0.05, 0.1) is 0 Å². The molecular weight excluding hydrogens is 242 g/mol. The van der Waals surface area contributed by atoms with Crippen LogP contribution in [0.3, 0.4) is 0 Å². The van der Waals surface area contributed by atoms with Gasteiger partial charge in [0.1, 0.15) is 0 Å². The van der Waals surface area contributed by atoms with Gasteiger partial charge in [0.15, 0.2) is 0 Å². The molecule has 0 saturated heterocycles. The molecule has 5 nitrogen and oxygen atoms in total. The van der Waals surface area contributed by atoms with E-state index in [2.05, 4.69) is 25.9 Å². The van der Waals surface area contributed by atoms with Crippen LogP contribution in [0.5, 0.6) is 0 Å². The minimum absolute atomic E-state index is 1.26. The molecule has 0 spiro atoms. The molecule has 0 aliphatic rings. The molecule has 0 rings (SSSR count). The Bertz CT molecular complexity index is 232. The zero-order chi connectivity index (χ0) is 13.7. The molecule has 0 aromatic heterocycles. The molecule has 0 fully saturated rings. The maximum absolute atomic E-state index is 8.74. The lowest BCUT2D eigenvalue weighted by Gasteiger charge is -2.08. The van der Waals surface area contributed by atoms with Crippen molar-refractivity contribution in [2.45, 2.75) is 51.9 Å². The van der Waals surface area contributed by atoms with Gasteiger partial charge in [0.25, 0.3) is 0 Å². The van der Waals surface area contributed by atoms with E-state index in [1.807, 2.05) is 0 Å². The van der Waals surface area contributed by atoms with Crippen LogP contribution in [0.4, 0.5) is 0 Å². The third kappa shape index (κ3) is 38.8. The van der Waals surface area contributed by atoms with Crippen LogP contribution >= 0.6 is 0 Å². The van der Waals surface area contributed by atoms with Gasteiger partial charge in [-0.3, -0.25) is 9.11 Å². The smallest absolute Gasteiger partial charge is 0.309 e. The number of nitrogens with zero attached hydrogens (tertiary/aromatic N) is 1. The quantitative estimate of drug-likeness (QED) is 0.523. The van der Waals surface area contributed by atoms with Gasteiger partial charge >= 0.3 is 10.4 Å². The van der Waals surface area contributed by atoms with Gasteiger partial charge in [-0.25, -0.2) is 0 Å². The second-order valence-electron chi connectivity index (χ2n) is 4.37. The Morgan fingerprint density at radius 3 is 1.59 bits per heavy atom. The first-order valence-corrected chi connectivity index (χ1v) is 7.51. The normalized spacial score (nSPS) is 11.2. The van der Waals surface area contributed by atoms with E-state index in [4.69, 9.17) is 17.5 Å². The van der Waals surface area contributed by atoms with Gasteiger partial charge in [0.2, 0.25) is 0 Å². The van der Waals surface area contributed by atoms with E-state index in [0.29, 0.717) is 0 Å². The minimum Gasteiger partial charge on any atom is -0.309 e. The summed E-state index contributed by atoms with van der Waals surface area (Å²) in [6.07, 6.45) is 9.90. The first kappa shape index (κ1) is 19.2. The van der Waals surface area contributed by atoms with Gasteiger partial charge < -0.3 is 4.90 Å². The zero-order valence-corrected chi connectivity index (χ0v) is 12.0. The highest BCUT2D eigenvalue weighted by Crippen LogP contribution is 2.06. The average molecular weight is 269 g/mol. The molecule has 0 unspecified atom stereocenters. The van der Waals surface area contributed by atoms with E-state index in [9.17, 15) is 0 Å². The molecule has 0 heterocycles. The maximum atomic E-state index is 8.74. The van der Waals surface area contributed by atoms with Crippen molar-refractivity contribution in [3.63, 3.8) is 0 Å². The molecular formula is C11H27NO4S. The van der Waals surface area contributed by atoms with Crippen molar-refractivity contribution in [2.24, 2.45) is 0 Å². The van der Waals surface area contributed by atoms with Crippen LogP contribution in [0.1, 0.15) is 51.9 Å². The molecule has 0 atom stereocenters. The molecule has 106 valence electrons. The van der Waals surface area contributed by atoms with Gasteiger partial charge in [0, 0.05) is 0 Å². The summed E-state index contributed by atoms with van der Waals surface area (Å²) in [4.78, 5) is 2.27.